The highest BCUT2D eigenvalue weighted by atomic mass is 19.1. The van der Waals surface area contributed by atoms with Gasteiger partial charge in [-0.2, -0.15) is 5.26 Å². The molecule has 1 aromatic carbocycles. The molecule has 3 atom stereocenters. The zero-order valence-corrected chi connectivity index (χ0v) is 11.5. The lowest BCUT2D eigenvalue weighted by Gasteiger charge is -2.32. The van der Waals surface area contributed by atoms with Crippen molar-refractivity contribution < 1.29 is 9.13 Å². The van der Waals surface area contributed by atoms with E-state index < -0.39 is 5.82 Å². The second kappa shape index (κ2) is 6.16. The summed E-state index contributed by atoms with van der Waals surface area (Å²) in [6.45, 7) is 5.02. The van der Waals surface area contributed by atoms with E-state index in [1.165, 1.54) is 12.5 Å². The molecule has 0 bridgehead atoms. The third-order valence-corrected chi connectivity index (χ3v) is 4.19. The summed E-state index contributed by atoms with van der Waals surface area (Å²) >= 11 is 0. The zero-order valence-electron chi connectivity index (χ0n) is 11.5. The van der Waals surface area contributed by atoms with Crippen molar-refractivity contribution in [2.75, 3.05) is 0 Å². The van der Waals surface area contributed by atoms with E-state index in [0.717, 1.165) is 24.3 Å². The van der Waals surface area contributed by atoms with Crippen LogP contribution in [0.3, 0.4) is 0 Å². The van der Waals surface area contributed by atoms with E-state index in [4.69, 9.17) is 10.00 Å². The van der Waals surface area contributed by atoms with E-state index in [-0.39, 0.29) is 5.56 Å². The molecule has 0 radical (unpaired) electrons. The highest BCUT2D eigenvalue weighted by Crippen LogP contribution is 2.31. The SMILES string of the molecule is CC1CCC(OCc2ccc(F)c(C#N)c2)CC1C. The zero-order chi connectivity index (χ0) is 13.8. The van der Waals surface area contributed by atoms with Crippen LogP contribution in [0.1, 0.15) is 44.2 Å². The molecule has 0 heterocycles. The minimum atomic E-state index is -0.466. The highest BCUT2D eigenvalue weighted by Gasteiger charge is 2.24. The fraction of sp³-hybridized carbons (Fsp3) is 0.562. The van der Waals surface area contributed by atoms with Crippen molar-refractivity contribution in [3.8, 4) is 6.07 Å². The summed E-state index contributed by atoms with van der Waals surface area (Å²) in [6, 6.07) is 6.45. The van der Waals surface area contributed by atoms with Gasteiger partial charge in [0.15, 0.2) is 0 Å². The normalized spacial score (nSPS) is 26.9. The van der Waals surface area contributed by atoms with Gasteiger partial charge < -0.3 is 4.74 Å². The molecule has 0 amide bonds. The predicted octanol–water partition coefficient (Wildman–Crippen LogP) is 4.04. The van der Waals surface area contributed by atoms with Crippen molar-refractivity contribution in [1.29, 1.82) is 5.26 Å². The summed E-state index contributed by atoms with van der Waals surface area (Å²) in [5, 5.41) is 8.79. The maximum atomic E-state index is 13.2. The van der Waals surface area contributed by atoms with Crippen LogP contribution in [0.5, 0.6) is 0 Å². The molecule has 19 heavy (non-hydrogen) atoms. The average Bonchev–Trinajstić information content (AvgIpc) is 2.41. The van der Waals surface area contributed by atoms with Crippen LogP contribution in [0.15, 0.2) is 18.2 Å². The minimum absolute atomic E-state index is 0.0896. The van der Waals surface area contributed by atoms with Crippen LogP contribution in [-0.4, -0.2) is 6.10 Å². The van der Waals surface area contributed by atoms with Crippen LogP contribution >= 0.6 is 0 Å². The molecule has 0 N–H and O–H groups in total. The Kier molecular flexibility index (Phi) is 4.55. The molecule has 0 aliphatic heterocycles. The Balaban J connectivity index is 1.91. The van der Waals surface area contributed by atoms with Crippen molar-refractivity contribution >= 4 is 0 Å². The predicted molar refractivity (Wildman–Crippen MR) is 71.9 cm³/mol. The molecule has 2 rings (SSSR count). The van der Waals surface area contributed by atoms with Gasteiger partial charge in [0.25, 0.3) is 0 Å². The Morgan fingerprint density at radius 3 is 2.79 bits per heavy atom. The average molecular weight is 261 g/mol. The van der Waals surface area contributed by atoms with Crippen LogP contribution in [-0.2, 0) is 11.3 Å². The van der Waals surface area contributed by atoms with Crippen LogP contribution in [0.4, 0.5) is 4.39 Å². The van der Waals surface area contributed by atoms with E-state index in [1.54, 1.807) is 12.1 Å². The van der Waals surface area contributed by atoms with E-state index in [9.17, 15) is 4.39 Å². The number of rotatable bonds is 3. The molecule has 3 unspecified atom stereocenters. The summed E-state index contributed by atoms with van der Waals surface area (Å²) in [5.74, 6) is 1.00. The van der Waals surface area contributed by atoms with E-state index in [2.05, 4.69) is 13.8 Å². The first kappa shape index (κ1) is 14.0. The fourth-order valence-electron chi connectivity index (χ4n) is 2.61. The summed E-state index contributed by atoms with van der Waals surface area (Å²) in [6.07, 6.45) is 3.69. The monoisotopic (exact) mass is 261 g/mol. The Morgan fingerprint density at radius 2 is 2.11 bits per heavy atom. The molecule has 0 saturated heterocycles. The van der Waals surface area contributed by atoms with Crippen molar-refractivity contribution in [2.24, 2.45) is 11.8 Å². The maximum Gasteiger partial charge on any atom is 0.140 e. The molecule has 102 valence electrons. The van der Waals surface area contributed by atoms with E-state index >= 15 is 0 Å². The van der Waals surface area contributed by atoms with Gasteiger partial charge in [0.1, 0.15) is 11.9 Å². The standard InChI is InChI=1S/C16H20FNO/c1-11-3-5-15(7-12(11)2)19-10-13-4-6-16(17)14(8-13)9-18/h4,6,8,11-12,15H,3,5,7,10H2,1-2H3. The van der Waals surface area contributed by atoms with Gasteiger partial charge in [-0.05, 0) is 48.8 Å². The number of nitriles is 1. The lowest BCUT2D eigenvalue weighted by atomic mass is 9.80. The maximum absolute atomic E-state index is 13.2. The topological polar surface area (TPSA) is 33.0 Å². The van der Waals surface area contributed by atoms with Gasteiger partial charge in [-0.1, -0.05) is 19.9 Å². The summed E-state index contributed by atoms with van der Waals surface area (Å²) in [4.78, 5) is 0. The third-order valence-electron chi connectivity index (χ3n) is 4.19. The van der Waals surface area contributed by atoms with Gasteiger partial charge in [0, 0.05) is 0 Å². The van der Waals surface area contributed by atoms with E-state index in [1.807, 2.05) is 6.07 Å². The molecule has 0 spiro atoms. The molecular formula is C16H20FNO. The molecule has 1 fully saturated rings. The van der Waals surface area contributed by atoms with Crippen LogP contribution in [0.25, 0.3) is 0 Å². The Hall–Kier alpha value is -1.40. The van der Waals surface area contributed by atoms with Crippen molar-refractivity contribution in [3.63, 3.8) is 0 Å². The summed E-state index contributed by atoms with van der Waals surface area (Å²) in [7, 11) is 0. The minimum Gasteiger partial charge on any atom is -0.374 e. The number of halogens is 1. The second-order valence-corrected chi connectivity index (χ2v) is 5.63. The number of nitrogens with zero attached hydrogens (tertiary/aromatic N) is 1. The Labute approximate surface area is 114 Å². The van der Waals surface area contributed by atoms with Crippen LogP contribution in [0, 0.1) is 29.0 Å². The molecule has 1 aliphatic carbocycles. The van der Waals surface area contributed by atoms with Crippen molar-refractivity contribution in [3.05, 3.63) is 35.1 Å². The quantitative estimate of drug-likeness (QED) is 0.822. The molecule has 1 saturated carbocycles. The summed E-state index contributed by atoms with van der Waals surface area (Å²) in [5.41, 5.74) is 0.955. The van der Waals surface area contributed by atoms with Crippen molar-refractivity contribution in [2.45, 2.75) is 45.8 Å². The fourth-order valence-corrected chi connectivity index (χ4v) is 2.61. The van der Waals surface area contributed by atoms with Gasteiger partial charge in [-0.3, -0.25) is 0 Å². The lowest BCUT2D eigenvalue weighted by Crippen LogP contribution is -2.26. The van der Waals surface area contributed by atoms with E-state index in [0.29, 0.717) is 18.6 Å². The smallest absolute Gasteiger partial charge is 0.140 e. The first-order valence-electron chi connectivity index (χ1n) is 6.90. The molecule has 1 aliphatic rings. The number of hydrogen-bond acceptors (Lipinski definition) is 2. The summed E-state index contributed by atoms with van der Waals surface area (Å²) < 4.78 is 19.1. The molecule has 1 aromatic rings. The highest BCUT2D eigenvalue weighted by molar-refractivity contribution is 5.34. The number of hydrogen-bond donors (Lipinski definition) is 0. The first-order chi connectivity index (χ1) is 9.10. The largest absolute Gasteiger partial charge is 0.374 e. The Morgan fingerprint density at radius 1 is 1.32 bits per heavy atom. The molecular weight excluding hydrogens is 241 g/mol. The lowest BCUT2D eigenvalue weighted by molar-refractivity contribution is -0.00747. The third kappa shape index (κ3) is 3.54. The van der Waals surface area contributed by atoms with Gasteiger partial charge in [0.2, 0.25) is 0 Å². The second-order valence-electron chi connectivity index (χ2n) is 5.63. The van der Waals surface area contributed by atoms with Gasteiger partial charge in [-0.15, -0.1) is 0 Å². The van der Waals surface area contributed by atoms with Gasteiger partial charge >= 0.3 is 0 Å². The van der Waals surface area contributed by atoms with Crippen LogP contribution in [0.2, 0.25) is 0 Å². The molecule has 0 aromatic heterocycles. The van der Waals surface area contributed by atoms with Gasteiger partial charge in [-0.25, -0.2) is 4.39 Å². The number of benzene rings is 1. The van der Waals surface area contributed by atoms with Crippen LogP contribution < -0.4 is 0 Å². The number of ether oxygens (including phenoxy) is 1. The first-order valence-corrected chi connectivity index (χ1v) is 6.90. The molecule has 3 heteroatoms. The molecule has 2 nitrogen and oxygen atoms in total. The van der Waals surface area contributed by atoms with Gasteiger partial charge in [0.05, 0.1) is 18.3 Å². The van der Waals surface area contributed by atoms with Crippen molar-refractivity contribution in [1.82, 2.24) is 0 Å². The Bertz CT molecular complexity index is 480.